The lowest BCUT2D eigenvalue weighted by Crippen LogP contribution is -2.43. The molecule has 1 aliphatic rings. The minimum Gasteiger partial charge on any atom is -0.319 e. The molecule has 6 heteroatoms. The van der Waals surface area contributed by atoms with Crippen molar-refractivity contribution in [3.63, 3.8) is 0 Å². The van der Waals surface area contributed by atoms with Crippen LogP contribution in [0.1, 0.15) is 33.1 Å². The quantitative estimate of drug-likeness (QED) is 0.812. The fraction of sp³-hybridized carbons (Fsp3) is 1.00. The molecule has 0 spiro atoms. The minimum atomic E-state index is -3.02. The molecule has 110 valence electrons. The van der Waals surface area contributed by atoms with Crippen LogP contribution < -0.4 is 5.32 Å². The molecule has 1 fully saturated rings. The van der Waals surface area contributed by atoms with Gasteiger partial charge < -0.3 is 5.32 Å². The Hall–Kier alpha value is 0.160. The van der Waals surface area contributed by atoms with Crippen LogP contribution in [0.25, 0.3) is 0 Å². The van der Waals surface area contributed by atoms with Crippen LogP contribution in [0.3, 0.4) is 0 Å². The Labute approximate surface area is 118 Å². The molecule has 0 radical (unpaired) electrons. The summed E-state index contributed by atoms with van der Waals surface area (Å²) in [5, 5.41) is 3.14. The van der Waals surface area contributed by atoms with Crippen molar-refractivity contribution in [3.8, 4) is 0 Å². The van der Waals surface area contributed by atoms with Crippen LogP contribution in [0.4, 0.5) is 0 Å². The highest BCUT2D eigenvalue weighted by atomic mass is 35.5. The van der Waals surface area contributed by atoms with Crippen LogP contribution in [0.5, 0.6) is 0 Å². The highest BCUT2D eigenvalue weighted by molar-refractivity contribution is 7.89. The van der Waals surface area contributed by atoms with Crippen molar-refractivity contribution in [3.05, 3.63) is 0 Å². The third-order valence-corrected chi connectivity index (χ3v) is 5.19. The fourth-order valence-electron chi connectivity index (χ4n) is 2.25. The SMILES string of the molecule is CNCC1CCCN(S(=O)(=O)CCC(C)C)C1.Cl. The van der Waals surface area contributed by atoms with Crippen molar-refractivity contribution in [1.29, 1.82) is 0 Å². The molecule has 0 amide bonds. The molecule has 1 N–H and O–H groups in total. The molecule has 0 aromatic rings. The number of sulfonamides is 1. The normalized spacial score (nSPS) is 21.9. The molecule has 1 saturated heterocycles. The highest BCUT2D eigenvalue weighted by Crippen LogP contribution is 2.19. The molecule has 1 heterocycles. The lowest BCUT2D eigenvalue weighted by atomic mass is 10.00. The first kappa shape index (κ1) is 18.2. The zero-order valence-electron chi connectivity index (χ0n) is 11.7. The van der Waals surface area contributed by atoms with Crippen molar-refractivity contribution in [2.24, 2.45) is 11.8 Å². The van der Waals surface area contributed by atoms with E-state index in [1.165, 1.54) is 0 Å². The van der Waals surface area contributed by atoms with Crippen LogP contribution in [-0.2, 0) is 10.0 Å². The second kappa shape index (κ2) is 8.35. The van der Waals surface area contributed by atoms with Crippen LogP contribution in [0, 0.1) is 11.8 Å². The van der Waals surface area contributed by atoms with Crippen molar-refractivity contribution < 1.29 is 8.42 Å². The highest BCUT2D eigenvalue weighted by Gasteiger charge is 2.28. The van der Waals surface area contributed by atoms with E-state index in [2.05, 4.69) is 19.2 Å². The fourth-order valence-corrected chi connectivity index (χ4v) is 4.12. The molecule has 0 saturated carbocycles. The molecule has 0 aromatic heterocycles. The molecular formula is C12H27ClN2O2S. The topological polar surface area (TPSA) is 49.4 Å². The van der Waals surface area contributed by atoms with Crippen LogP contribution >= 0.6 is 12.4 Å². The largest absolute Gasteiger partial charge is 0.319 e. The molecule has 1 rings (SSSR count). The number of hydrogen-bond acceptors (Lipinski definition) is 3. The first-order valence-corrected chi connectivity index (χ1v) is 8.19. The van der Waals surface area contributed by atoms with E-state index >= 15 is 0 Å². The lowest BCUT2D eigenvalue weighted by molar-refractivity contribution is 0.263. The molecule has 0 aromatic carbocycles. The van der Waals surface area contributed by atoms with Crippen LogP contribution in [0.15, 0.2) is 0 Å². The van der Waals surface area contributed by atoms with Gasteiger partial charge in [0.05, 0.1) is 5.75 Å². The number of hydrogen-bond donors (Lipinski definition) is 1. The lowest BCUT2D eigenvalue weighted by Gasteiger charge is -2.32. The van der Waals surface area contributed by atoms with Gasteiger partial charge in [0.1, 0.15) is 0 Å². The van der Waals surface area contributed by atoms with Gasteiger partial charge in [0, 0.05) is 13.1 Å². The number of nitrogens with zero attached hydrogens (tertiary/aromatic N) is 1. The van der Waals surface area contributed by atoms with Gasteiger partial charge in [0.15, 0.2) is 0 Å². The maximum Gasteiger partial charge on any atom is 0.214 e. The molecular weight excluding hydrogens is 272 g/mol. The molecule has 18 heavy (non-hydrogen) atoms. The molecule has 0 aliphatic carbocycles. The van der Waals surface area contributed by atoms with Crippen LogP contribution in [-0.4, -0.2) is 45.2 Å². The second-order valence-electron chi connectivity index (χ2n) is 5.42. The van der Waals surface area contributed by atoms with Gasteiger partial charge in [-0.15, -0.1) is 12.4 Å². The zero-order valence-corrected chi connectivity index (χ0v) is 13.3. The van der Waals surface area contributed by atoms with Gasteiger partial charge >= 0.3 is 0 Å². The van der Waals surface area contributed by atoms with Gasteiger partial charge in [-0.3, -0.25) is 0 Å². The summed E-state index contributed by atoms with van der Waals surface area (Å²) < 4.78 is 26.0. The van der Waals surface area contributed by atoms with Crippen LogP contribution in [0.2, 0.25) is 0 Å². The van der Waals surface area contributed by atoms with E-state index < -0.39 is 10.0 Å². The maximum atomic E-state index is 12.1. The monoisotopic (exact) mass is 298 g/mol. The summed E-state index contributed by atoms with van der Waals surface area (Å²) in [5.41, 5.74) is 0. The van der Waals surface area contributed by atoms with Crippen molar-refractivity contribution in [2.45, 2.75) is 33.1 Å². The predicted molar refractivity (Wildman–Crippen MR) is 78.7 cm³/mol. The third kappa shape index (κ3) is 5.87. The van der Waals surface area contributed by atoms with E-state index in [-0.39, 0.29) is 12.4 Å². The molecule has 4 nitrogen and oxygen atoms in total. The summed E-state index contributed by atoms with van der Waals surface area (Å²) in [7, 11) is -1.10. The predicted octanol–water partition coefficient (Wildman–Crippen LogP) is 1.72. The van der Waals surface area contributed by atoms with E-state index in [0.717, 1.165) is 25.8 Å². The minimum absolute atomic E-state index is 0. The van der Waals surface area contributed by atoms with E-state index in [0.29, 0.717) is 30.7 Å². The Morgan fingerprint density at radius 2 is 2.06 bits per heavy atom. The molecule has 0 bridgehead atoms. The maximum absolute atomic E-state index is 12.1. The van der Waals surface area contributed by atoms with Gasteiger partial charge in [0.2, 0.25) is 10.0 Å². The zero-order chi connectivity index (χ0) is 12.9. The summed E-state index contributed by atoms with van der Waals surface area (Å²) >= 11 is 0. The van der Waals surface area contributed by atoms with E-state index in [1.807, 2.05) is 7.05 Å². The van der Waals surface area contributed by atoms with E-state index in [4.69, 9.17) is 0 Å². The Kier molecular flexibility index (Phi) is 8.43. The number of rotatable bonds is 6. The Bertz CT molecular complexity index is 318. The van der Waals surface area contributed by atoms with Gasteiger partial charge in [0.25, 0.3) is 0 Å². The average Bonchev–Trinajstić information content (AvgIpc) is 2.27. The van der Waals surface area contributed by atoms with E-state index in [1.54, 1.807) is 4.31 Å². The van der Waals surface area contributed by atoms with Crippen molar-refractivity contribution in [2.75, 3.05) is 32.4 Å². The Morgan fingerprint density at radius 3 is 2.61 bits per heavy atom. The summed E-state index contributed by atoms with van der Waals surface area (Å²) in [6.45, 7) is 6.45. The van der Waals surface area contributed by atoms with Gasteiger partial charge in [-0.2, -0.15) is 0 Å². The second-order valence-corrected chi connectivity index (χ2v) is 7.51. The number of nitrogens with one attached hydrogen (secondary N) is 1. The summed E-state index contributed by atoms with van der Waals surface area (Å²) in [6.07, 6.45) is 2.89. The Balaban J connectivity index is 0.00000289. The van der Waals surface area contributed by atoms with Crippen molar-refractivity contribution in [1.82, 2.24) is 9.62 Å². The van der Waals surface area contributed by atoms with Crippen molar-refractivity contribution >= 4 is 22.4 Å². The summed E-state index contributed by atoms with van der Waals surface area (Å²) in [5.74, 6) is 1.22. The van der Waals surface area contributed by atoms with E-state index in [9.17, 15) is 8.42 Å². The van der Waals surface area contributed by atoms with Gasteiger partial charge in [-0.1, -0.05) is 13.8 Å². The standard InChI is InChI=1S/C12H26N2O2S.ClH/c1-11(2)6-8-17(15,16)14-7-4-5-12(10-14)9-13-3;/h11-13H,4-10H2,1-3H3;1H. The summed E-state index contributed by atoms with van der Waals surface area (Å²) in [6, 6.07) is 0. The first-order valence-electron chi connectivity index (χ1n) is 6.58. The number of halogens is 1. The van der Waals surface area contributed by atoms with Gasteiger partial charge in [-0.05, 0) is 44.7 Å². The smallest absolute Gasteiger partial charge is 0.214 e. The molecule has 1 atom stereocenters. The van der Waals surface area contributed by atoms with Gasteiger partial charge in [-0.25, -0.2) is 12.7 Å². The molecule has 1 aliphatic heterocycles. The molecule has 1 unspecified atom stereocenters. The third-order valence-electron chi connectivity index (χ3n) is 3.32. The first-order chi connectivity index (χ1) is 7.95. The Morgan fingerprint density at radius 1 is 1.39 bits per heavy atom. The summed E-state index contributed by atoms with van der Waals surface area (Å²) in [4.78, 5) is 0. The average molecular weight is 299 g/mol. The number of piperidine rings is 1.